The molecule has 0 aliphatic carbocycles. The predicted octanol–water partition coefficient (Wildman–Crippen LogP) is 1.66. The smallest absolute Gasteiger partial charge is 0.265 e. The Morgan fingerprint density at radius 3 is 2.86 bits per heavy atom. The maximum Gasteiger partial charge on any atom is 0.265 e. The van der Waals surface area contributed by atoms with Crippen molar-refractivity contribution < 1.29 is 4.79 Å². The van der Waals surface area contributed by atoms with Gasteiger partial charge in [0, 0.05) is 11.8 Å². The number of rotatable bonds is 1. The number of nitrogens with zero attached hydrogens (tertiary/aromatic N) is 5. The molecule has 7 nitrogen and oxygen atoms in total. The molecular formula is C15H12N6O. The summed E-state index contributed by atoms with van der Waals surface area (Å²) in [4.78, 5) is 17.0. The Kier molecular flexibility index (Phi) is 2.50. The SMILES string of the molecule is Cc1nnc2cc(C(=O)n3c(N)nc4ccccc43)ccn12. The lowest BCUT2D eigenvalue weighted by Gasteiger charge is -2.05. The molecule has 3 aromatic heterocycles. The second-order valence-corrected chi connectivity index (χ2v) is 4.99. The van der Waals surface area contributed by atoms with Crippen LogP contribution in [0, 0.1) is 6.92 Å². The van der Waals surface area contributed by atoms with E-state index in [1.54, 1.807) is 18.3 Å². The van der Waals surface area contributed by atoms with Crippen molar-refractivity contribution in [3.05, 3.63) is 54.0 Å². The van der Waals surface area contributed by atoms with E-state index in [2.05, 4.69) is 15.2 Å². The number of hydrogen-bond acceptors (Lipinski definition) is 5. The summed E-state index contributed by atoms with van der Waals surface area (Å²) < 4.78 is 3.22. The zero-order chi connectivity index (χ0) is 15.3. The molecule has 4 aromatic rings. The van der Waals surface area contributed by atoms with Gasteiger partial charge >= 0.3 is 0 Å². The standard InChI is InChI=1S/C15H12N6O/c1-9-18-19-13-8-10(6-7-20(9)13)14(22)21-12-5-3-2-4-11(12)17-15(21)16/h2-8H,1H3,(H2,16,17). The number of nitrogens with two attached hydrogens (primary N) is 1. The number of hydrogen-bond donors (Lipinski definition) is 1. The van der Waals surface area contributed by atoms with Gasteiger partial charge in [0.05, 0.1) is 11.0 Å². The van der Waals surface area contributed by atoms with Crippen LogP contribution in [0.4, 0.5) is 5.95 Å². The number of fused-ring (bicyclic) bond motifs is 2. The largest absolute Gasteiger partial charge is 0.369 e. The van der Waals surface area contributed by atoms with Gasteiger partial charge in [-0.05, 0) is 31.2 Å². The van der Waals surface area contributed by atoms with E-state index in [9.17, 15) is 4.79 Å². The highest BCUT2D eigenvalue weighted by Crippen LogP contribution is 2.19. The third kappa shape index (κ3) is 1.69. The minimum Gasteiger partial charge on any atom is -0.369 e. The van der Waals surface area contributed by atoms with Crippen LogP contribution in [0.3, 0.4) is 0 Å². The maximum absolute atomic E-state index is 12.8. The summed E-state index contributed by atoms with van der Waals surface area (Å²) in [6, 6.07) is 10.8. The van der Waals surface area contributed by atoms with Gasteiger partial charge in [-0.2, -0.15) is 0 Å². The van der Waals surface area contributed by atoms with E-state index in [0.717, 1.165) is 5.82 Å². The Labute approximate surface area is 125 Å². The van der Waals surface area contributed by atoms with E-state index < -0.39 is 0 Å². The van der Waals surface area contributed by atoms with Crippen LogP contribution in [0.1, 0.15) is 16.2 Å². The van der Waals surface area contributed by atoms with Crippen molar-refractivity contribution in [3.63, 3.8) is 0 Å². The molecular weight excluding hydrogens is 280 g/mol. The monoisotopic (exact) mass is 292 g/mol. The van der Waals surface area contributed by atoms with Crippen molar-refractivity contribution in [1.82, 2.24) is 24.1 Å². The topological polar surface area (TPSA) is 91.1 Å². The van der Waals surface area contributed by atoms with Crippen molar-refractivity contribution in [2.24, 2.45) is 0 Å². The number of aryl methyl sites for hydroxylation is 1. The summed E-state index contributed by atoms with van der Waals surface area (Å²) in [5.41, 5.74) is 8.38. The molecule has 0 spiro atoms. The van der Waals surface area contributed by atoms with Crippen LogP contribution in [0.2, 0.25) is 0 Å². The summed E-state index contributed by atoms with van der Waals surface area (Å²) in [5, 5.41) is 8.02. The molecule has 0 saturated heterocycles. The van der Waals surface area contributed by atoms with Crippen LogP contribution in [-0.4, -0.2) is 30.1 Å². The lowest BCUT2D eigenvalue weighted by molar-refractivity contribution is 0.0967. The fourth-order valence-electron chi connectivity index (χ4n) is 2.53. The molecule has 0 bridgehead atoms. The van der Waals surface area contributed by atoms with E-state index in [-0.39, 0.29) is 11.9 Å². The Hall–Kier alpha value is -3.22. The highest BCUT2D eigenvalue weighted by atomic mass is 16.2. The Morgan fingerprint density at radius 1 is 1.18 bits per heavy atom. The zero-order valence-corrected chi connectivity index (χ0v) is 11.8. The molecule has 0 saturated carbocycles. The quantitative estimate of drug-likeness (QED) is 0.576. The summed E-state index contributed by atoms with van der Waals surface area (Å²) >= 11 is 0. The maximum atomic E-state index is 12.8. The zero-order valence-electron chi connectivity index (χ0n) is 11.8. The molecule has 108 valence electrons. The minimum absolute atomic E-state index is 0.170. The second-order valence-electron chi connectivity index (χ2n) is 4.99. The van der Waals surface area contributed by atoms with Crippen molar-refractivity contribution in [1.29, 1.82) is 0 Å². The van der Waals surface area contributed by atoms with E-state index >= 15 is 0 Å². The molecule has 0 radical (unpaired) electrons. The molecule has 0 aliphatic rings. The molecule has 7 heteroatoms. The Morgan fingerprint density at radius 2 is 2.00 bits per heavy atom. The van der Waals surface area contributed by atoms with Crippen LogP contribution >= 0.6 is 0 Å². The number of benzene rings is 1. The van der Waals surface area contributed by atoms with Crippen LogP contribution in [0.25, 0.3) is 16.7 Å². The average molecular weight is 292 g/mol. The van der Waals surface area contributed by atoms with Crippen LogP contribution in [0.15, 0.2) is 42.6 Å². The molecule has 0 atom stereocenters. The van der Waals surface area contributed by atoms with Crippen LogP contribution in [0.5, 0.6) is 0 Å². The lowest BCUT2D eigenvalue weighted by atomic mass is 10.2. The van der Waals surface area contributed by atoms with Gasteiger partial charge in [-0.15, -0.1) is 10.2 Å². The van der Waals surface area contributed by atoms with E-state index in [4.69, 9.17) is 5.73 Å². The van der Waals surface area contributed by atoms with Crippen molar-refractivity contribution in [2.75, 3.05) is 5.73 Å². The number of pyridine rings is 1. The number of para-hydroxylation sites is 2. The van der Waals surface area contributed by atoms with E-state index in [0.29, 0.717) is 22.2 Å². The first-order chi connectivity index (χ1) is 10.6. The van der Waals surface area contributed by atoms with Gasteiger partial charge in [0.25, 0.3) is 5.91 Å². The fourth-order valence-corrected chi connectivity index (χ4v) is 2.53. The molecule has 1 aromatic carbocycles. The first-order valence-electron chi connectivity index (χ1n) is 6.74. The fraction of sp³-hybridized carbons (Fsp3) is 0.0667. The van der Waals surface area contributed by atoms with Crippen molar-refractivity contribution >= 4 is 28.5 Å². The summed E-state index contributed by atoms with van der Waals surface area (Å²) in [6.07, 6.45) is 1.77. The van der Waals surface area contributed by atoms with Crippen LogP contribution in [-0.2, 0) is 0 Å². The van der Waals surface area contributed by atoms with Gasteiger partial charge in [0.1, 0.15) is 5.82 Å². The first kappa shape index (κ1) is 12.5. The molecule has 0 amide bonds. The van der Waals surface area contributed by atoms with Crippen LogP contribution < -0.4 is 5.73 Å². The predicted molar refractivity (Wildman–Crippen MR) is 81.6 cm³/mol. The molecule has 0 unspecified atom stereocenters. The van der Waals surface area contributed by atoms with E-state index in [1.807, 2.05) is 35.6 Å². The van der Waals surface area contributed by atoms with E-state index in [1.165, 1.54) is 4.57 Å². The summed E-state index contributed by atoms with van der Waals surface area (Å²) in [7, 11) is 0. The number of anilines is 1. The highest BCUT2D eigenvalue weighted by Gasteiger charge is 2.17. The number of carbonyl (C=O) groups excluding carboxylic acids is 1. The van der Waals surface area contributed by atoms with Gasteiger partial charge in [-0.25, -0.2) is 9.55 Å². The average Bonchev–Trinajstić information content (AvgIpc) is 3.06. The number of carbonyl (C=O) groups is 1. The van der Waals surface area contributed by atoms with Crippen molar-refractivity contribution in [3.8, 4) is 0 Å². The molecule has 0 aliphatic heterocycles. The minimum atomic E-state index is -0.241. The third-order valence-electron chi connectivity index (χ3n) is 3.62. The normalized spacial score (nSPS) is 11.3. The molecule has 0 fully saturated rings. The van der Waals surface area contributed by atoms with Gasteiger partial charge < -0.3 is 5.73 Å². The second kappa shape index (κ2) is 4.39. The molecule has 3 heterocycles. The Balaban J connectivity index is 1.89. The molecule has 4 rings (SSSR count). The van der Waals surface area contributed by atoms with Gasteiger partial charge in [-0.3, -0.25) is 9.20 Å². The molecule has 2 N–H and O–H groups in total. The summed E-state index contributed by atoms with van der Waals surface area (Å²) in [6.45, 7) is 1.85. The lowest BCUT2D eigenvalue weighted by Crippen LogP contribution is -2.15. The number of aromatic nitrogens is 5. The summed E-state index contributed by atoms with van der Waals surface area (Å²) in [5.74, 6) is 0.694. The first-order valence-corrected chi connectivity index (χ1v) is 6.74. The number of nitrogen functional groups attached to an aromatic ring is 1. The van der Waals surface area contributed by atoms with Gasteiger partial charge in [0.15, 0.2) is 5.65 Å². The number of imidazole rings is 1. The van der Waals surface area contributed by atoms with Crippen molar-refractivity contribution in [2.45, 2.75) is 6.92 Å². The molecule has 22 heavy (non-hydrogen) atoms. The Bertz CT molecular complexity index is 1030. The highest BCUT2D eigenvalue weighted by molar-refractivity contribution is 6.03. The third-order valence-corrected chi connectivity index (χ3v) is 3.62. The van der Waals surface area contributed by atoms with Gasteiger partial charge in [0.2, 0.25) is 5.95 Å². The van der Waals surface area contributed by atoms with Gasteiger partial charge in [-0.1, -0.05) is 12.1 Å².